The zero-order valence-corrected chi connectivity index (χ0v) is 10.1. The molecule has 17 heavy (non-hydrogen) atoms. The standard InChI is InChI=1S/C12H12ClNO3/c1-7(15)14-5-8-2-3-9(13)4-10(8)11(6-14)12(16)17/h2-4,11H,5-6H2,1H3,(H,16,17). The minimum atomic E-state index is -0.931. The molecular formula is C12H12ClNO3. The van der Waals surface area contributed by atoms with Gasteiger partial charge >= 0.3 is 5.97 Å². The van der Waals surface area contributed by atoms with Crippen molar-refractivity contribution in [2.75, 3.05) is 6.54 Å². The molecule has 5 heteroatoms. The van der Waals surface area contributed by atoms with Crippen LogP contribution in [0.25, 0.3) is 0 Å². The van der Waals surface area contributed by atoms with Gasteiger partial charge in [-0.1, -0.05) is 17.7 Å². The minimum absolute atomic E-state index is 0.114. The van der Waals surface area contributed by atoms with E-state index in [2.05, 4.69) is 0 Å². The Morgan fingerprint density at radius 1 is 1.47 bits per heavy atom. The van der Waals surface area contributed by atoms with Crippen LogP contribution in [0.1, 0.15) is 24.0 Å². The Bertz CT molecular complexity index is 487. The molecule has 2 rings (SSSR count). The van der Waals surface area contributed by atoms with Gasteiger partial charge in [0, 0.05) is 25.0 Å². The van der Waals surface area contributed by atoms with Crippen molar-refractivity contribution in [3.05, 3.63) is 34.3 Å². The fourth-order valence-electron chi connectivity index (χ4n) is 2.07. The third-order valence-corrected chi connectivity index (χ3v) is 3.23. The third-order valence-electron chi connectivity index (χ3n) is 2.99. The second kappa shape index (κ2) is 4.37. The fraction of sp³-hybridized carbons (Fsp3) is 0.333. The summed E-state index contributed by atoms with van der Waals surface area (Å²) in [7, 11) is 0. The van der Waals surface area contributed by atoms with Crippen LogP contribution >= 0.6 is 11.6 Å². The molecule has 4 nitrogen and oxygen atoms in total. The van der Waals surface area contributed by atoms with Crippen LogP contribution in [0.15, 0.2) is 18.2 Å². The van der Waals surface area contributed by atoms with Gasteiger partial charge in [-0.3, -0.25) is 9.59 Å². The van der Waals surface area contributed by atoms with Gasteiger partial charge < -0.3 is 10.0 Å². The Labute approximate surface area is 104 Å². The van der Waals surface area contributed by atoms with Gasteiger partial charge in [0.15, 0.2) is 0 Å². The lowest BCUT2D eigenvalue weighted by molar-refractivity contribution is -0.141. The van der Waals surface area contributed by atoms with E-state index in [9.17, 15) is 14.7 Å². The number of carboxylic acids is 1. The molecule has 0 bridgehead atoms. The molecule has 0 spiro atoms. The number of amides is 1. The van der Waals surface area contributed by atoms with E-state index in [0.717, 1.165) is 5.56 Å². The lowest BCUT2D eigenvalue weighted by Gasteiger charge is -2.32. The Kier molecular flexibility index (Phi) is 3.07. The van der Waals surface area contributed by atoms with Crippen molar-refractivity contribution in [3.63, 3.8) is 0 Å². The summed E-state index contributed by atoms with van der Waals surface area (Å²) in [6.45, 7) is 2.10. The van der Waals surface area contributed by atoms with Crippen molar-refractivity contribution in [1.82, 2.24) is 4.90 Å². The molecule has 1 aromatic carbocycles. The van der Waals surface area contributed by atoms with Crippen molar-refractivity contribution >= 4 is 23.5 Å². The van der Waals surface area contributed by atoms with Crippen LogP contribution in [-0.4, -0.2) is 28.4 Å². The van der Waals surface area contributed by atoms with Crippen molar-refractivity contribution in [2.45, 2.75) is 19.4 Å². The van der Waals surface area contributed by atoms with Gasteiger partial charge in [0.05, 0.1) is 5.92 Å². The molecule has 0 aliphatic carbocycles. The normalized spacial score (nSPS) is 18.7. The second-order valence-corrected chi connectivity index (χ2v) is 4.57. The molecule has 0 saturated heterocycles. The summed E-state index contributed by atoms with van der Waals surface area (Å²) in [5, 5.41) is 9.71. The first-order valence-electron chi connectivity index (χ1n) is 5.25. The maximum atomic E-state index is 11.4. The molecule has 1 heterocycles. The predicted octanol–water partition coefficient (Wildman–Crippen LogP) is 1.87. The van der Waals surface area contributed by atoms with Crippen LogP contribution in [0, 0.1) is 0 Å². The third kappa shape index (κ3) is 2.26. The molecule has 0 saturated carbocycles. The average molecular weight is 254 g/mol. The van der Waals surface area contributed by atoms with Crippen LogP contribution in [0.3, 0.4) is 0 Å². The Balaban J connectivity index is 2.45. The van der Waals surface area contributed by atoms with Crippen LogP contribution in [-0.2, 0) is 16.1 Å². The average Bonchev–Trinajstić information content (AvgIpc) is 2.27. The predicted molar refractivity (Wildman–Crippen MR) is 62.9 cm³/mol. The first-order valence-corrected chi connectivity index (χ1v) is 5.63. The van der Waals surface area contributed by atoms with Crippen molar-refractivity contribution in [2.24, 2.45) is 0 Å². The number of hydrogen-bond donors (Lipinski definition) is 1. The number of carbonyl (C=O) groups is 2. The number of carboxylic acid groups (broad SMARTS) is 1. The van der Waals surface area contributed by atoms with E-state index in [0.29, 0.717) is 17.1 Å². The van der Waals surface area contributed by atoms with E-state index in [1.807, 2.05) is 0 Å². The highest BCUT2D eigenvalue weighted by molar-refractivity contribution is 6.30. The summed E-state index contributed by atoms with van der Waals surface area (Å²) < 4.78 is 0. The van der Waals surface area contributed by atoms with Crippen LogP contribution in [0.2, 0.25) is 5.02 Å². The number of nitrogens with zero attached hydrogens (tertiary/aromatic N) is 1. The van der Waals surface area contributed by atoms with Gasteiger partial charge in [-0.25, -0.2) is 0 Å². The molecule has 1 aromatic rings. The van der Waals surface area contributed by atoms with Crippen LogP contribution in [0.5, 0.6) is 0 Å². The lowest BCUT2D eigenvalue weighted by Crippen LogP contribution is -2.39. The quantitative estimate of drug-likeness (QED) is 0.831. The highest BCUT2D eigenvalue weighted by Gasteiger charge is 2.31. The van der Waals surface area contributed by atoms with Gasteiger partial charge in [-0.2, -0.15) is 0 Å². The lowest BCUT2D eigenvalue weighted by atomic mass is 9.90. The molecule has 0 radical (unpaired) electrons. The Morgan fingerprint density at radius 3 is 2.76 bits per heavy atom. The molecule has 90 valence electrons. The number of fused-ring (bicyclic) bond motifs is 1. The summed E-state index contributed by atoms with van der Waals surface area (Å²) in [6, 6.07) is 5.17. The summed E-state index contributed by atoms with van der Waals surface area (Å²) in [6.07, 6.45) is 0. The summed E-state index contributed by atoms with van der Waals surface area (Å²) in [5.41, 5.74) is 1.56. The molecule has 1 aliphatic rings. The van der Waals surface area contributed by atoms with Crippen LogP contribution < -0.4 is 0 Å². The van der Waals surface area contributed by atoms with E-state index in [-0.39, 0.29) is 12.5 Å². The van der Waals surface area contributed by atoms with Crippen molar-refractivity contribution in [3.8, 4) is 0 Å². The van der Waals surface area contributed by atoms with E-state index < -0.39 is 11.9 Å². The van der Waals surface area contributed by atoms with E-state index >= 15 is 0 Å². The Hall–Kier alpha value is -1.55. The van der Waals surface area contributed by atoms with Crippen molar-refractivity contribution in [1.29, 1.82) is 0 Å². The van der Waals surface area contributed by atoms with Gasteiger partial charge in [0.25, 0.3) is 0 Å². The zero-order chi connectivity index (χ0) is 12.6. The van der Waals surface area contributed by atoms with Crippen molar-refractivity contribution < 1.29 is 14.7 Å². The highest BCUT2D eigenvalue weighted by atomic mass is 35.5. The van der Waals surface area contributed by atoms with Gasteiger partial charge in [0.1, 0.15) is 0 Å². The number of rotatable bonds is 1. The summed E-state index contributed by atoms with van der Waals surface area (Å²) in [4.78, 5) is 24.1. The van der Waals surface area contributed by atoms with E-state index in [1.54, 1.807) is 18.2 Å². The Morgan fingerprint density at radius 2 is 2.18 bits per heavy atom. The first-order chi connectivity index (χ1) is 7.99. The number of benzene rings is 1. The summed E-state index contributed by atoms with van der Waals surface area (Å²) >= 11 is 5.87. The molecule has 1 amide bonds. The summed E-state index contributed by atoms with van der Waals surface area (Å²) in [5.74, 6) is -1.74. The van der Waals surface area contributed by atoms with Gasteiger partial charge in [-0.15, -0.1) is 0 Å². The molecule has 1 unspecified atom stereocenters. The van der Waals surface area contributed by atoms with Gasteiger partial charge in [0.2, 0.25) is 5.91 Å². The smallest absolute Gasteiger partial charge is 0.312 e. The monoisotopic (exact) mass is 253 g/mol. The SMILES string of the molecule is CC(=O)N1Cc2ccc(Cl)cc2C(C(=O)O)C1. The number of aliphatic carboxylic acids is 1. The second-order valence-electron chi connectivity index (χ2n) is 4.13. The van der Waals surface area contributed by atoms with Crippen LogP contribution in [0.4, 0.5) is 0 Å². The zero-order valence-electron chi connectivity index (χ0n) is 9.31. The topological polar surface area (TPSA) is 57.6 Å². The molecule has 0 aromatic heterocycles. The fourth-order valence-corrected chi connectivity index (χ4v) is 2.25. The molecule has 1 atom stereocenters. The van der Waals surface area contributed by atoms with Gasteiger partial charge in [-0.05, 0) is 23.3 Å². The largest absolute Gasteiger partial charge is 0.481 e. The maximum absolute atomic E-state index is 11.4. The maximum Gasteiger partial charge on any atom is 0.312 e. The molecule has 0 fully saturated rings. The molecular weight excluding hydrogens is 242 g/mol. The first kappa shape index (κ1) is 11.9. The number of halogens is 1. The van der Waals surface area contributed by atoms with E-state index in [4.69, 9.17) is 11.6 Å². The molecule has 1 N–H and O–H groups in total. The molecule has 1 aliphatic heterocycles. The highest BCUT2D eigenvalue weighted by Crippen LogP contribution is 2.30. The van der Waals surface area contributed by atoms with E-state index in [1.165, 1.54) is 11.8 Å². The number of hydrogen-bond acceptors (Lipinski definition) is 2. The number of carbonyl (C=O) groups excluding carboxylic acids is 1. The minimum Gasteiger partial charge on any atom is -0.481 e.